The third-order valence-corrected chi connectivity index (χ3v) is 2.97. The van der Waals surface area contributed by atoms with Crippen molar-refractivity contribution in [3.05, 3.63) is 47.8 Å². The molecule has 0 aliphatic rings. The van der Waals surface area contributed by atoms with Crippen molar-refractivity contribution < 1.29 is 18.0 Å². The van der Waals surface area contributed by atoms with Crippen LogP contribution >= 0.6 is 0 Å². The fourth-order valence-corrected chi connectivity index (χ4v) is 1.69. The van der Waals surface area contributed by atoms with Crippen molar-refractivity contribution >= 4 is 5.91 Å². The average molecular weight is 313 g/mol. The first kappa shape index (κ1) is 16.0. The van der Waals surface area contributed by atoms with E-state index in [1.807, 2.05) is 0 Å². The highest BCUT2D eigenvalue weighted by Crippen LogP contribution is 2.28. The van der Waals surface area contributed by atoms with Crippen molar-refractivity contribution in [1.82, 2.24) is 25.0 Å². The number of aromatic nitrogens is 3. The summed E-state index contributed by atoms with van der Waals surface area (Å²) in [6.45, 7) is 0.116. The Morgan fingerprint density at radius 2 is 2.09 bits per heavy atom. The van der Waals surface area contributed by atoms with E-state index >= 15 is 0 Å². The van der Waals surface area contributed by atoms with E-state index in [2.05, 4.69) is 15.4 Å². The van der Waals surface area contributed by atoms with Gasteiger partial charge in [0.1, 0.15) is 0 Å². The summed E-state index contributed by atoms with van der Waals surface area (Å²) in [5, 5.41) is 1.21. The van der Waals surface area contributed by atoms with Crippen molar-refractivity contribution in [3.8, 4) is 0 Å². The summed E-state index contributed by atoms with van der Waals surface area (Å²) in [4.78, 5) is 19.7. The van der Waals surface area contributed by atoms with Gasteiger partial charge in [-0.15, -0.1) is 0 Å². The van der Waals surface area contributed by atoms with E-state index in [1.54, 1.807) is 17.8 Å². The number of aryl methyl sites for hydroxylation is 1. The molecule has 0 saturated carbocycles. The Morgan fingerprint density at radius 1 is 1.36 bits per heavy atom. The second-order valence-corrected chi connectivity index (χ2v) is 4.60. The zero-order chi connectivity index (χ0) is 16.3. The molecule has 2 rings (SSSR count). The monoisotopic (exact) mass is 313 g/mol. The van der Waals surface area contributed by atoms with Gasteiger partial charge < -0.3 is 4.57 Å². The van der Waals surface area contributed by atoms with Crippen LogP contribution in [0.5, 0.6) is 0 Å². The lowest BCUT2D eigenvalue weighted by Crippen LogP contribution is -2.40. The molecule has 6 nitrogen and oxygen atoms in total. The van der Waals surface area contributed by atoms with Crippen LogP contribution in [0.3, 0.4) is 0 Å². The van der Waals surface area contributed by atoms with E-state index in [9.17, 15) is 18.0 Å². The molecule has 0 aromatic carbocycles. The van der Waals surface area contributed by atoms with Crippen LogP contribution in [-0.4, -0.2) is 32.5 Å². The van der Waals surface area contributed by atoms with Crippen LogP contribution in [0.1, 0.15) is 21.9 Å². The maximum absolute atomic E-state index is 12.4. The van der Waals surface area contributed by atoms with Gasteiger partial charge in [0.25, 0.3) is 0 Å². The predicted octanol–water partition coefficient (Wildman–Crippen LogP) is 1.61. The van der Waals surface area contributed by atoms with Crippen molar-refractivity contribution in [1.29, 1.82) is 0 Å². The van der Waals surface area contributed by atoms with Gasteiger partial charge in [-0.25, -0.2) is 10.4 Å². The number of imidazole rings is 1. The lowest BCUT2D eigenvalue weighted by molar-refractivity contribution is -0.137. The normalized spacial score (nSPS) is 11.5. The molecule has 0 aliphatic carbocycles. The minimum absolute atomic E-state index is 0.116. The van der Waals surface area contributed by atoms with Crippen LogP contribution in [0.4, 0.5) is 13.2 Å². The summed E-state index contributed by atoms with van der Waals surface area (Å²) >= 11 is 0. The standard InChI is InChI=1S/C13H14F3N5O/c1-20-6-5-17-11(20)12(22)21(2)19-8-10-4-3-9(7-18-10)13(14,15)16/h3-7,19H,8H2,1-2H3. The van der Waals surface area contributed by atoms with E-state index in [1.165, 1.54) is 24.3 Å². The Balaban J connectivity index is 1.95. The van der Waals surface area contributed by atoms with Crippen molar-refractivity contribution in [2.45, 2.75) is 12.7 Å². The Kier molecular flexibility index (Phi) is 4.45. The molecule has 0 spiro atoms. The van der Waals surface area contributed by atoms with E-state index < -0.39 is 11.7 Å². The fourth-order valence-electron chi connectivity index (χ4n) is 1.69. The van der Waals surface area contributed by atoms with Crippen molar-refractivity contribution in [3.63, 3.8) is 0 Å². The Morgan fingerprint density at radius 3 is 2.59 bits per heavy atom. The molecule has 0 aliphatic heterocycles. The molecule has 0 atom stereocenters. The van der Waals surface area contributed by atoms with Crippen LogP contribution < -0.4 is 5.43 Å². The zero-order valence-electron chi connectivity index (χ0n) is 11.9. The van der Waals surface area contributed by atoms with Crippen LogP contribution in [0, 0.1) is 0 Å². The molecule has 2 aromatic heterocycles. The SMILES string of the molecule is CN(NCc1ccc(C(F)(F)F)cn1)C(=O)c1nccn1C. The van der Waals surface area contributed by atoms with Gasteiger partial charge in [-0.2, -0.15) is 13.2 Å². The summed E-state index contributed by atoms with van der Waals surface area (Å²) in [6, 6.07) is 2.21. The number of nitrogens with zero attached hydrogens (tertiary/aromatic N) is 4. The van der Waals surface area contributed by atoms with Gasteiger partial charge in [0.2, 0.25) is 0 Å². The minimum atomic E-state index is -4.41. The second-order valence-electron chi connectivity index (χ2n) is 4.60. The quantitative estimate of drug-likeness (QED) is 0.871. The molecule has 0 fully saturated rings. The number of hydrogen-bond donors (Lipinski definition) is 1. The fraction of sp³-hybridized carbons (Fsp3) is 0.308. The highest BCUT2D eigenvalue weighted by atomic mass is 19.4. The number of alkyl halides is 3. The van der Waals surface area contributed by atoms with Crippen molar-refractivity contribution in [2.75, 3.05) is 7.05 Å². The molecule has 22 heavy (non-hydrogen) atoms. The lowest BCUT2D eigenvalue weighted by Gasteiger charge is -2.18. The Bertz CT molecular complexity index is 650. The number of nitrogens with one attached hydrogen (secondary N) is 1. The third kappa shape index (κ3) is 3.61. The van der Waals surface area contributed by atoms with Gasteiger partial charge in [-0.05, 0) is 12.1 Å². The van der Waals surface area contributed by atoms with E-state index in [0.29, 0.717) is 5.69 Å². The molecule has 1 amide bonds. The molecule has 118 valence electrons. The van der Waals surface area contributed by atoms with Crippen LogP contribution in [0.2, 0.25) is 0 Å². The number of pyridine rings is 1. The molecule has 9 heteroatoms. The lowest BCUT2D eigenvalue weighted by atomic mass is 10.2. The number of halogens is 3. The van der Waals surface area contributed by atoms with Gasteiger partial charge >= 0.3 is 12.1 Å². The summed E-state index contributed by atoms with van der Waals surface area (Å²) in [6.07, 6.45) is -0.515. The number of amides is 1. The molecule has 0 bridgehead atoms. The van der Waals surface area contributed by atoms with Crippen LogP contribution in [0.25, 0.3) is 0 Å². The first-order valence-electron chi connectivity index (χ1n) is 6.30. The van der Waals surface area contributed by atoms with Crippen molar-refractivity contribution in [2.24, 2.45) is 7.05 Å². The molecular formula is C13H14F3N5O. The number of hydrazine groups is 1. The summed E-state index contributed by atoms with van der Waals surface area (Å²) in [5.41, 5.74) is 2.33. The van der Waals surface area contributed by atoms with E-state index in [0.717, 1.165) is 12.3 Å². The summed E-state index contributed by atoms with van der Waals surface area (Å²) in [5.74, 6) is -0.116. The van der Waals surface area contributed by atoms with Gasteiger partial charge in [0, 0.05) is 32.7 Å². The summed E-state index contributed by atoms with van der Waals surface area (Å²) in [7, 11) is 3.19. The molecular weight excluding hydrogens is 299 g/mol. The first-order chi connectivity index (χ1) is 10.3. The Hall–Kier alpha value is -2.42. The van der Waals surface area contributed by atoms with E-state index in [4.69, 9.17) is 0 Å². The molecule has 0 unspecified atom stereocenters. The summed E-state index contributed by atoms with van der Waals surface area (Å²) < 4.78 is 38.8. The molecule has 2 aromatic rings. The highest BCUT2D eigenvalue weighted by molar-refractivity contribution is 5.90. The number of carbonyl (C=O) groups excluding carboxylic acids is 1. The predicted molar refractivity (Wildman–Crippen MR) is 71.4 cm³/mol. The minimum Gasteiger partial charge on any atom is -0.330 e. The number of hydrogen-bond acceptors (Lipinski definition) is 4. The van der Waals surface area contributed by atoms with E-state index in [-0.39, 0.29) is 18.3 Å². The van der Waals surface area contributed by atoms with Crippen LogP contribution in [0.15, 0.2) is 30.7 Å². The number of rotatable bonds is 4. The van der Waals surface area contributed by atoms with Gasteiger partial charge in [-0.3, -0.25) is 14.8 Å². The largest absolute Gasteiger partial charge is 0.417 e. The maximum Gasteiger partial charge on any atom is 0.417 e. The maximum atomic E-state index is 12.4. The first-order valence-corrected chi connectivity index (χ1v) is 6.30. The van der Waals surface area contributed by atoms with Gasteiger partial charge in [0.05, 0.1) is 17.8 Å². The average Bonchev–Trinajstić information content (AvgIpc) is 2.89. The van der Waals surface area contributed by atoms with Crippen LogP contribution in [-0.2, 0) is 19.8 Å². The third-order valence-electron chi connectivity index (χ3n) is 2.97. The second kappa shape index (κ2) is 6.14. The van der Waals surface area contributed by atoms with Gasteiger partial charge in [0.15, 0.2) is 5.82 Å². The number of carbonyl (C=O) groups is 1. The highest BCUT2D eigenvalue weighted by Gasteiger charge is 2.30. The molecule has 2 heterocycles. The topological polar surface area (TPSA) is 63.1 Å². The molecule has 0 saturated heterocycles. The van der Waals surface area contributed by atoms with Gasteiger partial charge in [-0.1, -0.05) is 0 Å². The molecule has 1 N–H and O–H groups in total. The Labute approximate surface area is 124 Å². The molecule has 0 radical (unpaired) electrons. The zero-order valence-corrected chi connectivity index (χ0v) is 11.9. The smallest absolute Gasteiger partial charge is 0.330 e.